The third-order valence-corrected chi connectivity index (χ3v) is 3.61. The Morgan fingerprint density at radius 2 is 2.16 bits per heavy atom. The molecule has 1 fully saturated rings. The minimum absolute atomic E-state index is 0.0726. The van der Waals surface area contributed by atoms with Gasteiger partial charge in [-0.2, -0.15) is 0 Å². The van der Waals surface area contributed by atoms with Crippen LogP contribution in [0.1, 0.15) is 6.42 Å². The predicted octanol–water partition coefficient (Wildman–Crippen LogP) is -1.22. The van der Waals surface area contributed by atoms with E-state index in [-0.39, 0.29) is 6.61 Å². The van der Waals surface area contributed by atoms with Crippen molar-refractivity contribution in [1.82, 2.24) is 0 Å². The van der Waals surface area contributed by atoms with E-state index in [4.69, 9.17) is 20.9 Å². The summed E-state index contributed by atoms with van der Waals surface area (Å²) in [6, 6.07) is -0.998. The molecule has 1 aliphatic carbocycles. The second-order valence-corrected chi connectivity index (χ2v) is 4.69. The molecule has 2 aliphatic heterocycles. The van der Waals surface area contributed by atoms with Crippen LogP contribution in [0.4, 0.5) is 0 Å². The van der Waals surface area contributed by atoms with Gasteiger partial charge in [-0.15, -0.1) is 0 Å². The van der Waals surface area contributed by atoms with Crippen LogP contribution in [0.5, 0.6) is 0 Å². The maximum Gasteiger partial charge on any atom is 0.330 e. The number of aliphatic imine (C=N–C) groups is 1. The standard InChI is InChI=1S/C12H13N3O4/c1-15-12-7(9(14)11(17)19-12)2-5-3-8(13)18-4-6(5)10(12)16/h2,8-9H,1,3-4,13-14H2. The first-order valence-electron chi connectivity index (χ1n) is 5.82. The molecule has 3 rings (SSSR count). The number of hydrogen-bond donors (Lipinski definition) is 2. The van der Waals surface area contributed by atoms with E-state index in [2.05, 4.69) is 11.7 Å². The fourth-order valence-corrected chi connectivity index (χ4v) is 2.60. The van der Waals surface area contributed by atoms with E-state index in [1.165, 1.54) is 0 Å². The lowest BCUT2D eigenvalue weighted by Crippen LogP contribution is -2.46. The van der Waals surface area contributed by atoms with Gasteiger partial charge in [-0.1, -0.05) is 6.08 Å². The summed E-state index contributed by atoms with van der Waals surface area (Å²) in [5, 5.41) is 0. The highest BCUT2D eigenvalue weighted by atomic mass is 16.6. The number of Topliss-reactive ketones (excluding diaryl/α,β-unsaturated/α-hetero) is 1. The Hall–Kier alpha value is -1.83. The zero-order valence-electron chi connectivity index (χ0n) is 10.1. The fraction of sp³-hybridized carbons (Fsp3) is 0.417. The number of hydrogen-bond acceptors (Lipinski definition) is 7. The van der Waals surface area contributed by atoms with Crippen LogP contribution in [0.25, 0.3) is 0 Å². The third-order valence-electron chi connectivity index (χ3n) is 3.61. The second-order valence-electron chi connectivity index (χ2n) is 4.69. The first kappa shape index (κ1) is 12.2. The van der Waals surface area contributed by atoms with Crippen LogP contribution >= 0.6 is 0 Å². The minimum Gasteiger partial charge on any atom is -0.423 e. The molecule has 0 aromatic carbocycles. The number of carbonyl (C=O) groups excluding carboxylic acids is 2. The molecule has 19 heavy (non-hydrogen) atoms. The molecule has 3 aliphatic rings. The monoisotopic (exact) mass is 263 g/mol. The highest BCUT2D eigenvalue weighted by molar-refractivity contribution is 6.11. The van der Waals surface area contributed by atoms with Gasteiger partial charge >= 0.3 is 5.97 Å². The van der Waals surface area contributed by atoms with Gasteiger partial charge in [-0.3, -0.25) is 4.79 Å². The summed E-state index contributed by atoms with van der Waals surface area (Å²) in [6.07, 6.45) is 1.59. The van der Waals surface area contributed by atoms with Crippen LogP contribution in [0.2, 0.25) is 0 Å². The average molecular weight is 263 g/mol. The summed E-state index contributed by atoms with van der Waals surface area (Å²) in [7, 11) is 0. The molecule has 7 nitrogen and oxygen atoms in total. The Balaban J connectivity index is 2.15. The molecule has 0 saturated carbocycles. The highest BCUT2D eigenvalue weighted by Crippen LogP contribution is 2.42. The van der Waals surface area contributed by atoms with E-state index in [1.54, 1.807) is 6.08 Å². The Morgan fingerprint density at radius 3 is 2.84 bits per heavy atom. The van der Waals surface area contributed by atoms with Crippen molar-refractivity contribution in [1.29, 1.82) is 0 Å². The topological polar surface area (TPSA) is 117 Å². The van der Waals surface area contributed by atoms with E-state index in [9.17, 15) is 9.59 Å². The van der Waals surface area contributed by atoms with Crippen LogP contribution in [0.15, 0.2) is 27.8 Å². The molecule has 1 saturated heterocycles. The number of esters is 1. The molecule has 0 aromatic heterocycles. The lowest BCUT2D eigenvalue weighted by molar-refractivity contribution is -0.154. The first-order chi connectivity index (χ1) is 8.99. The number of rotatable bonds is 1. The Bertz CT molecular complexity index is 565. The highest BCUT2D eigenvalue weighted by Gasteiger charge is 2.58. The molecule has 100 valence electrons. The lowest BCUT2D eigenvalue weighted by atomic mass is 9.81. The van der Waals surface area contributed by atoms with Crippen molar-refractivity contribution < 1.29 is 19.1 Å². The van der Waals surface area contributed by atoms with Crippen LogP contribution < -0.4 is 11.5 Å². The number of ether oxygens (including phenoxy) is 2. The molecule has 0 aromatic rings. The summed E-state index contributed by atoms with van der Waals surface area (Å²) in [4.78, 5) is 27.8. The minimum atomic E-state index is -1.71. The van der Waals surface area contributed by atoms with Gasteiger partial charge < -0.3 is 20.9 Å². The van der Waals surface area contributed by atoms with Gasteiger partial charge in [0.05, 0.1) is 6.61 Å². The van der Waals surface area contributed by atoms with Gasteiger partial charge in [0.2, 0.25) is 5.78 Å². The molecule has 0 radical (unpaired) electrons. The largest absolute Gasteiger partial charge is 0.423 e. The summed E-state index contributed by atoms with van der Waals surface area (Å²) in [6.45, 7) is 3.43. The van der Waals surface area contributed by atoms with Gasteiger partial charge in [-0.05, 0) is 12.3 Å². The molecule has 2 heterocycles. The van der Waals surface area contributed by atoms with Gasteiger partial charge in [0.15, 0.2) is 0 Å². The summed E-state index contributed by atoms with van der Waals surface area (Å²) >= 11 is 0. The first-order valence-corrected chi connectivity index (χ1v) is 5.82. The maximum absolute atomic E-state index is 12.5. The lowest BCUT2D eigenvalue weighted by Gasteiger charge is -2.32. The fourth-order valence-electron chi connectivity index (χ4n) is 2.60. The number of fused-ring (bicyclic) bond motifs is 1. The van der Waals surface area contributed by atoms with Crippen LogP contribution in [-0.2, 0) is 19.1 Å². The van der Waals surface area contributed by atoms with Crippen LogP contribution in [0.3, 0.4) is 0 Å². The predicted molar refractivity (Wildman–Crippen MR) is 65.0 cm³/mol. The Morgan fingerprint density at radius 1 is 1.42 bits per heavy atom. The van der Waals surface area contributed by atoms with E-state index in [0.717, 1.165) is 5.57 Å². The van der Waals surface area contributed by atoms with Crippen molar-refractivity contribution in [2.45, 2.75) is 24.4 Å². The van der Waals surface area contributed by atoms with Crippen LogP contribution in [-0.4, -0.2) is 43.1 Å². The number of carbonyl (C=O) groups is 2. The van der Waals surface area contributed by atoms with Gasteiger partial charge in [0.1, 0.15) is 12.3 Å². The maximum atomic E-state index is 12.5. The Kier molecular flexibility index (Phi) is 2.46. The van der Waals surface area contributed by atoms with E-state index < -0.39 is 29.7 Å². The zero-order chi connectivity index (χ0) is 13.8. The van der Waals surface area contributed by atoms with Crippen molar-refractivity contribution in [3.63, 3.8) is 0 Å². The molecule has 3 unspecified atom stereocenters. The molecule has 3 atom stereocenters. The van der Waals surface area contributed by atoms with E-state index in [0.29, 0.717) is 17.6 Å². The third kappa shape index (κ3) is 1.46. The van der Waals surface area contributed by atoms with E-state index in [1.807, 2.05) is 0 Å². The van der Waals surface area contributed by atoms with Crippen molar-refractivity contribution in [2.24, 2.45) is 16.5 Å². The zero-order valence-corrected chi connectivity index (χ0v) is 10.1. The molecular formula is C12H13N3O4. The number of ketones is 1. The molecule has 4 N–H and O–H groups in total. The average Bonchev–Trinajstić information content (AvgIpc) is 2.64. The van der Waals surface area contributed by atoms with Crippen LogP contribution in [0, 0.1) is 0 Å². The van der Waals surface area contributed by atoms with Crippen molar-refractivity contribution >= 4 is 18.5 Å². The normalized spacial score (nSPS) is 37.5. The van der Waals surface area contributed by atoms with Crippen molar-refractivity contribution in [3.05, 3.63) is 22.8 Å². The van der Waals surface area contributed by atoms with Crippen molar-refractivity contribution in [3.8, 4) is 0 Å². The quantitative estimate of drug-likeness (QED) is 0.452. The number of nitrogens with two attached hydrogens (primary N) is 2. The van der Waals surface area contributed by atoms with Crippen molar-refractivity contribution in [2.75, 3.05) is 6.61 Å². The molecule has 0 amide bonds. The van der Waals surface area contributed by atoms with E-state index >= 15 is 0 Å². The number of nitrogens with zero attached hydrogens (tertiary/aromatic N) is 1. The summed E-state index contributed by atoms with van der Waals surface area (Å²) in [5.74, 6) is -1.12. The molecular weight excluding hydrogens is 250 g/mol. The molecule has 0 spiro atoms. The molecule has 7 heteroatoms. The smallest absolute Gasteiger partial charge is 0.330 e. The summed E-state index contributed by atoms with van der Waals surface area (Å²) in [5.41, 5.74) is 11.2. The van der Waals surface area contributed by atoms with Gasteiger partial charge in [-0.25, -0.2) is 9.79 Å². The number of allylic oxidation sites excluding steroid dienone is 1. The SMILES string of the molecule is C=NC12OC(=O)C(N)C1=CC1=C(COC(N)C1)C2=O. The molecule has 0 bridgehead atoms. The Labute approximate surface area is 108 Å². The second kappa shape index (κ2) is 3.83. The van der Waals surface area contributed by atoms with Gasteiger partial charge in [0, 0.05) is 17.6 Å². The van der Waals surface area contributed by atoms with Gasteiger partial charge in [0.25, 0.3) is 5.72 Å². The summed E-state index contributed by atoms with van der Waals surface area (Å²) < 4.78 is 10.3.